The van der Waals surface area contributed by atoms with E-state index in [0.29, 0.717) is 11.6 Å². The molecular weight excluding hydrogens is 226 g/mol. The van der Waals surface area contributed by atoms with Crippen LogP contribution in [0, 0.1) is 12.3 Å². The summed E-state index contributed by atoms with van der Waals surface area (Å²) in [7, 11) is 0. The first kappa shape index (κ1) is 16.6. The standard InChI is InChI=1S/C12H19N3O.C2H6.H2/c1-5-7-12(3,4)11(16)15-10-6-8-13-9(2)14-10;1-2;/h6,8H,5,7H2,1-4H3,(H,13,14,15,16);1-2H3;1H. The van der Waals surface area contributed by atoms with Crippen LogP contribution in [0.25, 0.3) is 0 Å². The highest BCUT2D eigenvalue weighted by Crippen LogP contribution is 2.23. The summed E-state index contributed by atoms with van der Waals surface area (Å²) in [5.41, 5.74) is -0.354. The van der Waals surface area contributed by atoms with Gasteiger partial charge in [0.15, 0.2) is 0 Å². The zero-order valence-corrected chi connectivity index (χ0v) is 12.4. The number of carbonyl (C=O) groups is 1. The summed E-state index contributed by atoms with van der Waals surface area (Å²) in [5.74, 6) is 1.24. The van der Waals surface area contributed by atoms with E-state index in [4.69, 9.17) is 0 Å². The predicted molar refractivity (Wildman–Crippen MR) is 77.5 cm³/mol. The fourth-order valence-corrected chi connectivity index (χ4v) is 1.55. The van der Waals surface area contributed by atoms with Gasteiger partial charge in [-0.25, -0.2) is 9.97 Å². The predicted octanol–water partition coefficient (Wildman–Crippen LogP) is 3.82. The number of nitrogens with zero attached hydrogens (tertiary/aromatic N) is 2. The number of amides is 1. The van der Waals surface area contributed by atoms with Crippen LogP contribution in [0.5, 0.6) is 0 Å². The normalized spacial score (nSPS) is 10.3. The van der Waals surface area contributed by atoms with Crippen molar-refractivity contribution in [2.75, 3.05) is 5.32 Å². The number of hydrogen-bond donors (Lipinski definition) is 1. The summed E-state index contributed by atoms with van der Waals surface area (Å²) in [6.07, 6.45) is 3.50. The molecule has 0 fully saturated rings. The fraction of sp³-hybridized carbons (Fsp3) is 0.643. The van der Waals surface area contributed by atoms with Gasteiger partial charge in [-0.1, -0.05) is 41.0 Å². The third-order valence-electron chi connectivity index (χ3n) is 2.51. The van der Waals surface area contributed by atoms with Crippen molar-refractivity contribution >= 4 is 11.7 Å². The molecule has 1 heterocycles. The number of carbonyl (C=O) groups excluding carboxylic acids is 1. The second kappa shape index (κ2) is 7.80. The van der Waals surface area contributed by atoms with E-state index in [1.807, 2.05) is 27.7 Å². The Morgan fingerprint density at radius 2 is 2.06 bits per heavy atom. The molecule has 0 saturated carbocycles. The van der Waals surface area contributed by atoms with Crippen LogP contribution >= 0.6 is 0 Å². The van der Waals surface area contributed by atoms with Crippen LogP contribution < -0.4 is 5.32 Å². The molecule has 0 aliphatic carbocycles. The molecule has 4 heteroatoms. The smallest absolute Gasteiger partial charge is 0.231 e. The lowest BCUT2D eigenvalue weighted by atomic mass is 9.87. The van der Waals surface area contributed by atoms with E-state index in [2.05, 4.69) is 22.2 Å². The highest BCUT2D eigenvalue weighted by Gasteiger charge is 2.26. The van der Waals surface area contributed by atoms with E-state index in [0.717, 1.165) is 12.8 Å². The molecule has 1 aromatic rings. The first-order valence-corrected chi connectivity index (χ1v) is 6.57. The largest absolute Gasteiger partial charge is 0.310 e. The molecule has 0 aliphatic rings. The average Bonchev–Trinajstić information content (AvgIpc) is 2.31. The van der Waals surface area contributed by atoms with E-state index in [-0.39, 0.29) is 12.7 Å². The van der Waals surface area contributed by atoms with Crippen molar-refractivity contribution in [3.8, 4) is 0 Å². The van der Waals surface area contributed by atoms with Gasteiger partial charge in [0.2, 0.25) is 5.91 Å². The van der Waals surface area contributed by atoms with Gasteiger partial charge in [-0.2, -0.15) is 0 Å². The number of nitrogens with one attached hydrogen (secondary N) is 1. The van der Waals surface area contributed by atoms with Gasteiger partial charge in [0.25, 0.3) is 0 Å². The lowest BCUT2D eigenvalue weighted by Gasteiger charge is -2.22. The van der Waals surface area contributed by atoms with Gasteiger partial charge in [0.1, 0.15) is 11.6 Å². The van der Waals surface area contributed by atoms with Crippen molar-refractivity contribution in [3.63, 3.8) is 0 Å². The average molecular weight is 253 g/mol. The van der Waals surface area contributed by atoms with E-state index in [9.17, 15) is 4.79 Å². The second-order valence-corrected chi connectivity index (χ2v) is 4.58. The minimum absolute atomic E-state index is 0. The van der Waals surface area contributed by atoms with Crippen LogP contribution in [-0.4, -0.2) is 15.9 Å². The van der Waals surface area contributed by atoms with Crippen molar-refractivity contribution in [2.24, 2.45) is 5.41 Å². The summed E-state index contributed by atoms with van der Waals surface area (Å²) in [5, 5.41) is 2.82. The molecule has 0 spiro atoms. The van der Waals surface area contributed by atoms with Crippen molar-refractivity contribution < 1.29 is 6.22 Å². The summed E-state index contributed by atoms with van der Waals surface area (Å²) >= 11 is 0. The molecule has 18 heavy (non-hydrogen) atoms. The Labute approximate surface area is 112 Å². The van der Waals surface area contributed by atoms with Crippen molar-refractivity contribution in [2.45, 2.75) is 54.4 Å². The van der Waals surface area contributed by atoms with Crippen molar-refractivity contribution in [1.29, 1.82) is 0 Å². The van der Waals surface area contributed by atoms with Crippen LogP contribution in [0.15, 0.2) is 12.3 Å². The summed E-state index contributed by atoms with van der Waals surface area (Å²) < 4.78 is 0. The van der Waals surface area contributed by atoms with Gasteiger partial charge < -0.3 is 5.32 Å². The molecule has 0 atom stereocenters. The van der Waals surface area contributed by atoms with E-state index >= 15 is 0 Å². The zero-order valence-electron chi connectivity index (χ0n) is 12.4. The molecule has 0 aromatic carbocycles. The lowest BCUT2D eigenvalue weighted by Crippen LogP contribution is -2.31. The molecule has 104 valence electrons. The first-order chi connectivity index (χ1) is 8.45. The van der Waals surface area contributed by atoms with E-state index in [1.165, 1.54) is 0 Å². The van der Waals surface area contributed by atoms with Gasteiger partial charge in [-0.15, -0.1) is 0 Å². The van der Waals surface area contributed by atoms with Gasteiger partial charge in [-0.05, 0) is 19.4 Å². The molecule has 1 N–H and O–H groups in total. The maximum Gasteiger partial charge on any atom is 0.231 e. The third-order valence-corrected chi connectivity index (χ3v) is 2.51. The molecule has 0 saturated heterocycles. The molecule has 1 aromatic heterocycles. The Balaban J connectivity index is 0. The number of hydrogen-bond acceptors (Lipinski definition) is 3. The number of aromatic nitrogens is 2. The second-order valence-electron chi connectivity index (χ2n) is 4.58. The lowest BCUT2D eigenvalue weighted by molar-refractivity contribution is -0.124. The fourth-order valence-electron chi connectivity index (χ4n) is 1.55. The van der Waals surface area contributed by atoms with Crippen LogP contribution in [0.2, 0.25) is 0 Å². The van der Waals surface area contributed by atoms with Crippen LogP contribution in [0.3, 0.4) is 0 Å². The first-order valence-electron chi connectivity index (χ1n) is 6.57. The molecule has 0 aliphatic heterocycles. The molecule has 0 unspecified atom stereocenters. The Morgan fingerprint density at radius 1 is 1.44 bits per heavy atom. The molecule has 1 rings (SSSR count). The molecule has 1 amide bonds. The Hall–Kier alpha value is -1.45. The molecule has 0 bridgehead atoms. The topological polar surface area (TPSA) is 54.9 Å². The Morgan fingerprint density at radius 3 is 2.56 bits per heavy atom. The summed E-state index contributed by atoms with van der Waals surface area (Å²) in [4.78, 5) is 20.1. The number of aryl methyl sites for hydroxylation is 1. The Kier molecular flexibility index (Phi) is 7.17. The maximum absolute atomic E-state index is 12.0. The monoisotopic (exact) mass is 253 g/mol. The van der Waals surface area contributed by atoms with E-state index in [1.54, 1.807) is 19.2 Å². The Bertz CT molecular complexity index is 381. The van der Waals surface area contributed by atoms with Crippen LogP contribution in [-0.2, 0) is 4.79 Å². The van der Waals surface area contributed by atoms with Gasteiger partial charge in [0.05, 0.1) is 0 Å². The van der Waals surface area contributed by atoms with Gasteiger partial charge >= 0.3 is 0 Å². The minimum Gasteiger partial charge on any atom is -0.310 e. The van der Waals surface area contributed by atoms with Crippen LogP contribution in [0.4, 0.5) is 5.82 Å². The third kappa shape index (κ3) is 5.25. The van der Waals surface area contributed by atoms with Crippen molar-refractivity contribution in [1.82, 2.24) is 9.97 Å². The van der Waals surface area contributed by atoms with Crippen molar-refractivity contribution in [3.05, 3.63) is 18.1 Å². The number of anilines is 1. The molecular formula is C14H27N3O. The van der Waals surface area contributed by atoms with Gasteiger partial charge in [-0.3, -0.25) is 4.79 Å². The van der Waals surface area contributed by atoms with Crippen LogP contribution in [0.1, 0.15) is 54.7 Å². The minimum atomic E-state index is -0.354. The van der Waals surface area contributed by atoms with E-state index < -0.39 is 0 Å². The summed E-state index contributed by atoms with van der Waals surface area (Å²) in [6, 6.07) is 1.70. The highest BCUT2D eigenvalue weighted by atomic mass is 16.2. The molecule has 4 nitrogen and oxygen atoms in total. The zero-order chi connectivity index (χ0) is 14.2. The maximum atomic E-state index is 12.0. The quantitative estimate of drug-likeness (QED) is 0.887. The molecule has 0 radical (unpaired) electrons. The summed E-state index contributed by atoms with van der Waals surface area (Å²) in [6.45, 7) is 11.8. The SMILES string of the molecule is CC.CCCC(C)(C)C(=O)Nc1ccnc(C)n1.[HH]. The highest BCUT2D eigenvalue weighted by molar-refractivity contribution is 5.93. The number of rotatable bonds is 4. The van der Waals surface area contributed by atoms with Gasteiger partial charge in [0, 0.05) is 13.0 Å².